The van der Waals surface area contributed by atoms with Crippen molar-refractivity contribution in [3.8, 4) is 0 Å². The van der Waals surface area contributed by atoms with Crippen LogP contribution < -0.4 is 0 Å². The van der Waals surface area contributed by atoms with Crippen LogP contribution in [0.4, 0.5) is 4.39 Å². The Morgan fingerprint density at radius 2 is 2.00 bits per heavy atom. The van der Waals surface area contributed by atoms with Gasteiger partial charge in [-0.25, -0.2) is 9.37 Å². The van der Waals surface area contributed by atoms with E-state index in [1.807, 2.05) is 0 Å². The fourth-order valence-electron chi connectivity index (χ4n) is 3.18. The van der Waals surface area contributed by atoms with Crippen molar-refractivity contribution in [2.45, 2.75) is 44.9 Å². The molecule has 0 spiro atoms. The van der Waals surface area contributed by atoms with Crippen molar-refractivity contribution in [3.05, 3.63) is 29.9 Å². The van der Waals surface area contributed by atoms with E-state index in [-0.39, 0.29) is 12.2 Å². The van der Waals surface area contributed by atoms with Crippen molar-refractivity contribution in [1.82, 2.24) is 4.98 Å². The third kappa shape index (κ3) is 2.77. The maximum atomic E-state index is 13.2. The van der Waals surface area contributed by atoms with Crippen LogP contribution in [0.25, 0.3) is 11.1 Å². The summed E-state index contributed by atoms with van der Waals surface area (Å²) in [5.74, 6) is -0.762. The number of halogens is 1. The Bertz CT molecular complexity index is 657. The largest absolute Gasteiger partial charge is 0.481 e. The van der Waals surface area contributed by atoms with E-state index >= 15 is 0 Å². The van der Waals surface area contributed by atoms with Crippen LogP contribution in [-0.2, 0) is 11.2 Å². The molecule has 4 nitrogen and oxygen atoms in total. The van der Waals surface area contributed by atoms with E-state index in [1.54, 1.807) is 0 Å². The van der Waals surface area contributed by atoms with Crippen molar-refractivity contribution in [1.29, 1.82) is 0 Å². The lowest BCUT2D eigenvalue weighted by molar-refractivity contribution is -0.150. The average molecular weight is 291 g/mol. The first kappa shape index (κ1) is 14.0. The lowest BCUT2D eigenvalue weighted by Crippen LogP contribution is -2.33. The number of fused-ring (bicyclic) bond motifs is 1. The summed E-state index contributed by atoms with van der Waals surface area (Å²) in [7, 11) is 0. The first-order chi connectivity index (χ1) is 10.1. The Kier molecular flexibility index (Phi) is 3.66. The van der Waals surface area contributed by atoms with Gasteiger partial charge in [0.1, 0.15) is 11.3 Å². The predicted octanol–water partition coefficient (Wildman–Crippen LogP) is 3.93. The molecule has 1 saturated carbocycles. The molecule has 0 aliphatic heterocycles. The van der Waals surface area contributed by atoms with Crippen molar-refractivity contribution in [2.75, 3.05) is 0 Å². The minimum absolute atomic E-state index is 0.276. The zero-order valence-electron chi connectivity index (χ0n) is 11.8. The van der Waals surface area contributed by atoms with E-state index in [0.717, 1.165) is 25.7 Å². The Morgan fingerprint density at radius 3 is 2.67 bits per heavy atom. The number of oxazole rings is 1. The number of carboxylic acids is 1. The highest BCUT2D eigenvalue weighted by Crippen LogP contribution is 2.38. The fraction of sp³-hybridized carbons (Fsp3) is 0.500. The summed E-state index contributed by atoms with van der Waals surface area (Å²) in [4.78, 5) is 16.0. The van der Waals surface area contributed by atoms with Gasteiger partial charge in [-0.15, -0.1) is 0 Å². The number of hydrogen-bond acceptors (Lipinski definition) is 3. The molecule has 1 fully saturated rings. The molecule has 0 radical (unpaired) electrons. The third-order valence-electron chi connectivity index (χ3n) is 4.40. The molecule has 0 saturated heterocycles. The van der Waals surface area contributed by atoms with Crippen LogP contribution in [-0.4, -0.2) is 16.1 Å². The molecule has 3 rings (SSSR count). The van der Waals surface area contributed by atoms with Crippen molar-refractivity contribution in [3.63, 3.8) is 0 Å². The van der Waals surface area contributed by atoms with Gasteiger partial charge in [0.15, 0.2) is 11.5 Å². The van der Waals surface area contributed by atoms with Crippen LogP contribution in [0, 0.1) is 11.2 Å². The highest BCUT2D eigenvalue weighted by molar-refractivity contribution is 5.76. The summed E-state index contributed by atoms with van der Waals surface area (Å²) < 4.78 is 18.8. The number of aliphatic carboxylic acids is 1. The van der Waals surface area contributed by atoms with Gasteiger partial charge in [-0.3, -0.25) is 4.79 Å². The van der Waals surface area contributed by atoms with Crippen LogP contribution in [0.1, 0.15) is 44.4 Å². The van der Waals surface area contributed by atoms with E-state index in [4.69, 9.17) is 4.42 Å². The molecule has 0 unspecified atom stereocenters. The summed E-state index contributed by atoms with van der Waals surface area (Å²) in [5, 5.41) is 9.66. The van der Waals surface area contributed by atoms with Gasteiger partial charge in [-0.1, -0.05) is 25.7 Å². The van der Waals surface area contributed by atoms with Gasteiger partial charge in [0, 0.05) is 12.5 Å². The van der Waals surface area contributed by atoms with Gasteiger partial charge in [-0.2, -0.15) is 0 Å². The first-order valence-corrected chi connectivity index (χ1v) is 7.37. The second kappa shape index (κ2) is 5.47. The van der Waals surface area contributed by atoms with Gasteiger partial charge >= 0.3 is 5.97 Å². The predicted molar refractivity (Wildman–Crippen MR) is 75.4 cm³/mol. The zero-order valence-corrected chi connectivity index (χ0v) is 11.8. The SMILES string of the molecule is O=C(O)C1(Cc2nc3cc(F)ccc3o2)CCCCCC1. The topological polar surface area (TPSA) is 63.3 Å². The maximum Gasteiger partial charge on any atom is 0.310 e. The van der Waals surface area contributed by atoms with Crippen molar-refractivity contribution in [2.24, 2.45) is 5.41 Å². The number of benzene rings is 1. The van der Waals surface area contributed by atoms with Crippen molar-refractivity contribution < 1.29 is 18.7 Å². The van der Waals surface area contributed by atoms with E-state index in [2.05, 4.69) is 4.98 Å². The number of aromatic nitrogens is 1. The number of carbonyl (C=O) groups is 1. The van der Waals surface area contributed by atoms with Gasteiger partial charge < -0.3 is 9.52 Å². The minimum Gasteiger partial charge on any atom is -0.481 e. The molecular weight excluding hydrogens is 273 g/mol. The smallest absolute Gasteiger partial charge is 0.310 e. The maximum absolute atomic E-state index is 13.2. The average Bonchev–Trinajstić information content (AvgIpc) is 2.67. The van der Waals surface area contributed by atoms with Crippen LogP contribution in [0.15, 0.2) is 22.6 Å². The molecule has 0 bridgehead atoms. The number of carboxylic acid groups (broad SMARTS) is 1. The lowest BCUT2D eigenvalue weighted by atomic mass is 9.77. The normalized spacial score (nSPS) is 18.5. The summed E-state index contributed by atoms with van der Waals surface area (Å²) in [6, 6.07) is 4.15. The Hall–Kier alpha value is -1.91. The number of rotatable bonds is 3. The molecule has 1 aromatic carbocycles. The monoisotopic (exact) mass is 291 g/mol. The van der Waals surface area contributed by atoms with Crippen LogP contribution in [0.5, 0.6) is 0 Å². The standard InChI is InChI=1S/C16H18FNO3/c17-11-5-6-13-12(9-11)18-14(21-13)10-16(15(19)20)7-3-1-2-4-8-16/h5-6,9H,1-4,7-8,10H2,(H,19,20). The summed E-state index contributed by atoms with van der Waals surface area (Å²) in [6.45, 7) is 0. The van der Waals surface area contributed by atoms with E-state index in [9.17, 15) is 14.3 Å². The number of hydrogen-bond donors (Lipinski definition) is 1. The Labute approximate surface area is 122 Å². The van der Waals surface area contributed by atoms with E-state index in [1.165, 1.54) is 18.2 Å². The van der Waals surface area contributed by atoms with Gasteiger partial charge in [0.2, 0.25) is 0 Å². The third-order valence-corrected chi connectivity index (χ3v) is 4.40. The molecule has 1 aliphatic rings. The van der Waals surface area contributed by atoms with Gasteiger partial charge in [0.05, 0.1) is 5.41 Å². The Morgan fingerprint density at radius 1 is 1.29 bits per heavy atom. The molecule has 112 valence electrons. The highest BCUT2D eigenvalue weighted by Gasteiger charge is 2.40. The summed E-state index contributed by atoms with van der Waals surface area (Å²) in [6.07, 6.45) is 5.56. The molecule has 1 aliphatic carbocycles. The van der Waals surface area contributed by atoms with Crippen LogP contribution in [0.3, 0.4) is 0 Å². The molecular formula is C16H18FNO3. The molecule has 5 heteroatoms. The van der Waals surface area contributed by atoms with E-state index in [0.29, 0.717) is 29.8 Å². The summed E-state index contributed by atoms with van der Waals surface area (Å²) >= 11 is 0. The fourth-order valence-corrected chi connectivity index (χ4v) is 3.18. The zero-order chi connectivity index (χ0) is 14.9. The second-order valence-electron chi connectivity index (χ2n) is 5.90. The van der Waals surface area contributed by atoms with Crippen molar-refractivity contribution >= 4 is 17.1 Å². The molecule has 2 aromatic rings. The second-order valence-corrected chi connectivity index (χ2v) is 5.90. The molecule has 21 heavy (non-hydrogen) atoms. The van der Waals surface area contributed by atoms with Gasteiger partial charge in [0.25, 0.3) is 0 Å². The lowest BCUT2D eigenvalue weighted by Gasteiger charge is -2.26. The molecule has 1 aromatic heterocycles. The number of nitrogens with zero attached hydrogens (tertiary/aromatic N) is 1. The van der Waals surface area contributed by atoms with Crippen LogP contribution in [0.2, 0.25) is 0 Å². The van der Waals surface area contributed by atoms with Gasteiger partial charge in [-0.05, 0) is 25.0 Å². The molecule has 1 heterocycles. The summed E-state index contributed by atoms with van der Waals surface area (Å²) in [5.41, 5.74) is 0.148. The quantitative estimate of drug-likeness (QED) is 0.870. The molecule has 0 atom stereocenters. The highest BCUT2D eigenvalue weighted by atomic mass is 19.1. The minimum atomic E-state index is -0.796. The molecule has 0 amide bonds. The van der Waals surface area contributed by atoms with E-state index < -0.39 is 11.4 Å². The molecule has 1 N–H and O–H groups in total. The first-order valence-electron chi connectivity index (χ1n) is 7.37. The Balaban J connectivity index is 1.91. The van der Waals surface area contributed by atoms with Crippen LogP contribution >= 0.6 is 0 Å².